The fourth-order valence-corrected chi connectivity index (χ4v) is 2.11. The molecule has 0 amide bonds. The lowest BCUT2D eigenvalue weighted by molar-refractivity contribution is -0.174. The summed E-state index contributed by atoms with van der Waals surface area (Å²) in [6, 6.07) is 0. The lowest BCUT2D eigenvalue weighted by Crippen LogP contribution is -2.24. The predicted molar refractivity (Wildman–Crippen MR) is 57.7 cm³/mol. The molecule has 0 aromatic heterocycles. The lowest BCUT2D eigenvalue weighted by atomic mass is 10.1. The molecule has 0 aromatic carbocycles. The molecule has 0 spiro atoms. The molecular weight excluding hydrogens is 235 g/mol. The molecule has 1 fully saturated rings. The second kappa shape index (κ2) is 7.18. The number of likely N-dealkylation sites (tertiary alicyclic amines) is 1. The molecule has 1 heterocycles. The van der Waals surface area contributed by atoms with Gasteiger partial charge >= 0.3 is 6.18 Å². The molecule has 0 saturated carbocycles. The van der Waals surface area contributed by atoms with Gasteiger partial charge in [-0.3, -0.25) is 0 Å². The van der Waals surface area contributed by atoms with Crippen molar-refractivity contribution in [3.63, 3.8) is 0 Å². The van der Waals surface area contributed by atoms with Gasteiger partial charge in [-0.25, -0.2) is 0 Å². The van der Waals surface area contributed by atoms with E-state index in [1.807, 2.05) is 0 Å². The average molecular weight is 255 g/mol. The van der Waals surface area contributed by atoms with Gasteiger partial charge in [0.05, 0.1) is 0 Å². The maximum absolute atomic E-state index is 11.8. The van der Waals surface area contributed by atoms with Crippen molar-refractivity contribution in [1.82, 2.24) is 4.90 Å². The quantitative estimate of drug-likeness (QED) is 0.702. The third kappa shape index (κ3) is 6.85. The molecule has 0 radical (unpaired) electrons. The standard InChI is InChI=1S/C11H20F3NO2/c12-11(13,14)9-17-7-1-4-15-5-2-10(8-15)3-6-16/h10,16H,1-9H2. The molecule has 1 rings (SSSR count). The van der Waals surface area contributed by atoms with E-state index in [-0.39, 0.29) is 13.2 Å². The molecule has 102 valence electrons. The van der Waals surface area contributed by atoms with Crippen molar-refractivity contribution in [2.24, 2.45) is 5.92 Å². The van der Waals surface area contributed by atoms with Crippen molar-refractivity contribution in [3.8, 4) is 0 Å². The molecule has 6 heteroatoms. The molecule has 1 N–H and O–H groups in total. The molecule has 1 atom stereocenters. The first-order valence-corrected chi connectivity index (χ1v) is 5.99. The summed E-state index contributed by atoms with van der Waals surface area (Å²) in [7, 11) is 0. The van der Waals surface area contributed by atoms with Crippen molar-refractivity contribution >= 4 is 0 Å². The normalized spacial score (nSPS) is 22.2. The molecule has 1 aliphatic rings. The number of rotatable bonds is 7. The van der Waals surface area contributed by atoms with Crippen molar-refractivity contribution in [1.29, 1.82) is 0 Å². The zero-order valence-corrected chi connectivity index (χ0v) is 9.88. The Bertz CT molecular complexity index is 211. The van der Waals surface area contributed by atoms with Gasteiger partial charge in [-0.2, -0.15) is 13.2 Å². The number of hydrogen-bond acceptors (Lipinski definition) is 3. The summed E-state index contributed by atoms with van der Waals surface area (Å²) in [5.41, 5.74) is 0. The highest BCUT2D eigenvalue weighted by atomic mass is 19.4. The third-order valence-corrected chi connectivity index (χ3v) is 2.94. The molecule has 1 aliphatic heterocycles. The first-order valence-electron chi connectivity index (χ1n) is 5.99. The second-order valence-corrected chi connectivity index (χ2v) is 4.49. The lowest BCUT2D eigenvalue weighted by Gasteiger charge is -2.15. The summed E-state index contributed by atoms with van der Waals surface area (Å²) in [5, 5.41) is 8.79. The summed E-state index contributed by atoms with van der Waals surface area (Å²) in [4.78, 5) is 2.22. The summed E-state index contributed by atoms with van der Waals surface area (Å²) in [6.45, 7) is 1.91. The Kier molecular flexibility index (Phi) is 6.22. The number of ether oxygens (including phenoxy) is 1. The number of alkyl halides is 3. The Hall–Kier alpha value is -0.330. The molecule has 1 unspecified atom stereocenters. The van der Waals surface area contributed by atoms with Crippen molar-refractivity contribution < 1.29 is 23.0 Å². The van der Waals surface area contributed by atoms with Crippen LogP contribution in [0, 0.1) is 5.92 Å². The van der Waals surface area contributed by atoms with E-state index >= 15 is 0 Å². The average Bonchev–Trinajstić information content (AvgIpc) is 2.64. The molecule has 1 saturated heterocycles. The molecule has 17 heavy (non-hydrogen) atoms. The SMILES string of the molecule is OCCC1CCN(CCCOCC(F)(F)F)C1. The monoisotopic (exact) mass is 255 g/mol. The smallest absolute Gasteiger partial charge is 0.396 e. The Labute approximate surface area is 99.5 Å². The van der Waals surface area contributed by atoms with E-state index in [1.54, 1.807) is 0 Å². The van der Waals surface area contributed by atoms with Crippen LogP contribution < -0.4 is 0 Å². The van der Waals surface area contributed by atoms with Crippen LogP contribution in [0.2, 0.25) is 0 Å². The number of aliphatic hydroxyl groups is 1. The van der Waals surface area contributed by atoms with E-state index in [0.29, 0.717) is 12.3 Å². The summed E-state index contributed by atoms with van der Waals surface area (Å²) < 4.78 is 39.8. The molecule has 0 bridgehead atoms. The fourth-order valence-electron chi connectivity index (χ4n) is 2.11. The third-order valence-electron chi connectivity index (χ3n) is 2.94. The van der Waals surface area contributed by atoms with Crippen molar-refractivity contribution in [2.75, 3.05) is 39.5 Å². The predicted octanol–water partition coefficient (Wildman–Crippen LogP) is 1.66. The summed E-state index contributed by atoms with van der Waals surface area (Å²) in [6.07, 6.45) is -1.70. The van der Waals surface area contributed by atoms with Gasteiger partial charge in [-0.05, 0) is 31.7 Å². The summed E-state index contributed by atoms with van der Waals surface area (Å²) in [5.74, 6) is 0.538. The highest BCUT2D eigenvalue weighted by Crippen LogP contribution is 2.19. The number of nitrogens with zero attached hydrogens (tertiary/aromatic N) is 1. The summed E-state index contributed by atoms with van der Waals surface area (Å²) >= 11 is 0. The second-order valence-electron chi connectivity index (χ2n) is 4.49. The van der Waals surface area contributed by atoms with Crippen molar-refractivity contribution in [2.45, 2.75) is 25.4 Å². The first-order chi connectivity index (χ1) is 8.01. The minimum atomic E-state index is -4.22. The van der Waals surface area contributed by atoms with Crippen LogP contribution in [0.15, 0.2) is 0 Å². The number of hydrogen-bond donors (Lipinski definition) is 1. The minimum Gasteiger partial charge on any atom is -0.396 e. The van der Waals surface area contributed by atoms with Crippen LogP contribution in [-0.2, 0) is 4.74 Å². The number of aliphatic hydroxyl groups excluding tert-OH is 1. The Morgan fingerprint density at radius 2 is 2.12 bits per heavy atom. The Morgan fingerprint density at radius 1 is 1.35 bits per heavy atom. The minimum absolute atomic E-state index is 0.153. The van der Waals surface area contributed by atoms with Gasteiger partial charge in [0.2, 0.25) is 0 Å². The maximum Gasteiger partial charge on any atom is 0.411 e. The van der Waals surface area contributed by atoms with Crippen LogP contribution in [-0.4, -0.2) is 55.6 Å². The van der Waals surface area contributed by atoms with Gasteiger partial charge in [0.1, 0.15) is 6.61 Å². The zero-order chi connectivity index (χ0) is 12.7. The molecule has 0 aromatic rings. The van der Waals surface area contributed by atoms with Crippen LogP contribution in [0.1, 0.15) is 19.3 Å². The molecule has 0 aliphatic carbocycles. The van der Waals surface area contributed by atoms with Gasteiger partial charge in [0.15, 0.2) is 0 Å². The van der Waals surface area contributed by atoms with Crippen LogP contribution in [0.4, 0.5) is 13.2 Å². The fraction of sp³-hybridized carbons (Fsp3) is 1.00. The topological polar surface area (TPSA) is 32.7 Å². The van der Waals surface area contributed by atoms with Crippen LogP contribution in [0.5, 0.6) is 0 Å². The van der Waals surface area contributed by atoms with Gasteiger partial charge in [-0.15, -0.1) is 0 Å². The van der Waals surface area contributed by atoms with E-state index in [2.05, 4.69) is 9.64 Å². The van der Waals surface area contributed by atoms with E-state index in [1.165, 1.54) is 0 Å². The van der Waals surface area contributed by atoms with Gasteiger partial charge < -0.3 is 14.7 Å². The Morgan fingerprint density at radius 3 is 2.76 bits per heavy atom. The van der Waals surface area contributed by atoms with E-state index < -0.39 is 12.8 Å². The molecular formula is C11H20F3NO2. The Balaban J connectivity index is 1.97. The first kappa shape index (κ1) is 14.7. The highest BCUT2D eigenvalue weighted by molar-refractivity contribution is 4.75. The largest absolute Gasteiger partial charge is 0.411 e. The van der Waals surface area contributed by atoms with Crippen molar-refractivity contribution in [3.05, 3.63) is 0 Å². The van der Waals surface area contributed by atoms with Crippen LogP contribution in [0.25, 0.3) is 0 Å². The molecule has 3 nitrogen and oxygen atoms in total. The maximum atomic E-state index is 11.8. The van der Waals surface area contributed by atoms with E-state index in [4.69, 9.17) is 5.11 Å². The highest BCUT2D eigenvalue weighted by Gasteiger charge is 2.27. The van der Waals surface area contributed by atoms with Gasteiger partial charge in [0, 0.05) is 26.3 Å². The van der Waals surface area contributed by atoms with Gasteiger partial charge in [-0.1, -0.05) is 0 Å². The van der Waals surface area contributed by atoms with E-state index in [0.717, 1.165) is 32.5 Å². The van der Waals surface area contributed by atoms with Gasteiger partial charge in [0.25, 0.3) is 0 Å². The van der Waals surface area contributed by atoms with E-state index in [9.17, 15) is 13.2 Å². The van der Waals surface area contributed by atoms with Crippen LogP contribution >= 0.6 is 0 Å². The zero-order valence-electron chi connectivity index (χ0n) is 9.88. The van der Waals surface area contributed by atoms with Crippen LogP contribution in [0.3, 0.4) is 0 Å². The number of halogens is 3.